The molecule has 0 aliphatic carbocycles. The van der Waals surface area contributed by atoms with Gasteiger partial charge in [-0.15, -0.1) is 0 Å². The van der Waals surface area contributed by atoms with Crippen molar-refractivity contribution in [1.82, 2.24) is 9.80 Å². The van der Waals surface area contributed by atoms with Gasteiger partial charge in [0.05, 0.1) is 0 Å². The molecule has 0 N–H and O–H groups in total. The fraction of sp³-hybridized carbons (Fsp3) is 0.364. The molecule has 0 aromatic heterocycles. The van der Waals surface area contributed by atoms with Gasteiger partial charge in [0.1, 0.15) is 5.82 Å². The molecule has 0 spiro atoms. The highest BCUT2D eigenvalue weighted by Crippen LogP contribution is 2.17. The predicted molar refractivity (Wildman–Crippen MR) is 107 cm³/mol. The summed E-state index contributed by atoms with van der Waals surface area (Å²) in [6, 6.07) is 16.2. The summed E-state index contributed by atoms with van der Waals surface area (Å²) in [6.07, 6.45) is 0.231. The standard InChI is InChI=1S/C22H26FN3O2/c1-18(27)26(21-9-5-8-20(23)16-21)11-10-22(28)25-14-12-24(13-15-25)17-19-6-3-2-4-7-19/h2-9,16H,10-15,17H2,1H3. The van der Waals surface area contributed by atoms with Crippen LogP contribution in [0.4, 0.5) is 10.1 Å². The molecule has 0 saturated carbocycles. The molecule has 28 heavy (non-hydrogen) atoms. The molecule has 2 aromatic rings. The van der Waals surface area contributed by atoms with Gasteiger partial charge < -0.3 is 9.80 Å². The van der Waals surface area contributed by atoms with E-state index in [0.29, 0.717) is 18.8 Å². The first kappa shape index (κ1) is 20.0. The van der Waals surface area contributed by atoms with Crippen molar-refractivity contribution in [3.63, 3.8) is 0 Å². The first-order valence-electron chi connectivity index (χ1n) is 9.60. The van der Waals surface area contributed by atoms with Crippen molar-refractivity contribution in [3.05, 3.63) is 66.0 Å². The van der Waals surface area contributed by atoms with Crippen LogP contribution in [0.15, 0.2) is 54.6 Å². The van der Waals surface area contributed by atoms with Crippen molar-refractivity contribution < 1.29 is 14.0 Å². The van der Waals surface area contributed by atoms with E-state index in [9.17, 15) is 14.0 Å². The number of anilines is 1. The van der Waals surface area contributed by atoms with E-state index < -0.39 is 5.82 Å². The van der Waals surface area contributed by atoms with Gasteiger partial charge in [0.25, 0.3) is 0 Å². The second kappa shape index (κ2) is 9.46. The van der Waals surface area contributed by atoms with Crippen LogP contribution >= 0.6 is 0 Å². The number of amides is 2. The van der Waals surface area contributed by atoms with Crippen LogP contribution in [-0.4, -0.2) is 54.3 Å². The van der Waals surface area contributed by atoms with Gasteiger partial charge in [0, 0.05) is 58.3 Å². The molecule has 1 saturated heterocycles. The SMILES string of the molecule is CC(=O)N(CCC(=O)N1CCN(Cc2ccccc2)CC1)c1cccc(F)c1. The van der Waals surface area contributed by atoms with Gasteiger partial charge in [-0.3, -0.25) is 14.5 Å². The quantitative estimate of drug-likeness (QED) is 0.770. The molecule has 148 valence electrons. The van der Waals surface area contributed by atoms with E-state index in [1.54, 1.807) is 12.1 Å². The number of carbonyl (C=O) groups excluding carboxylic acids is 2. The van der Waals surface area contributed by atoms with Crippen LogP contribution in [0.1, 0.15) is 18.9 Å². The van der Waals surface area contributed by atoms with Gasteiger partial charge in [-0.1, -0.05) is 36.4 Å². The molecule has 0 unspecified atom stereocenters. The molecule has 6 heteroatoms. The molecule has 0 atom stereocenters. The lowest BCUT2D eigenvalue weighted by Gasteiger charge is -2.35. The van der Waals surface area contributed by atoms with E-state index in [1.165, 1.54) is 29.5 Å². The monoisotopic (exact) mass is 383 g/mol. The van der Waals surface area contributed by atoms with Crippen molar-refractivity contribution in [2.24, 2.45) is 0 Å². The van der Waals surface area contributed by atoms with Crippen LogP contribution in [0.2, 0.25) is 0 Å². The molecule has 1 aliphatic heterocycles. The molecular weight excluding hydrogens is 357 g/mol. The number of piperazine rings is 1. The van der Waals surface area contributed by atoms with Crippen molar-refractivity contribution in [1.29, 1.82) is 0 Å². The van der Waals surface area contributed by atoms with E-state index in [0.717, 1.165) is 19.6 Å². The summed E-state index contributed by atoms with van der Waals surface area (Å²) < 4.78 is 13.5. The minimum absolute atomic E-state index is 0.0296. The number of carbonyl (C=O) groups is 2. The molecule has 1 fully saturated rings. The maximum Gasteiger partial charge on any atom is 0.224 e. The number of hydrogen-bond donors (Lipinski definition) is 0. The second-order valence-electron chi connectivity index (χ2n) is 7.04. The average molecular weight is 383 g/mol. The van der Waals surface area contributed by atoms with E-state index in [1.807, 2.05) is 23.1 Å². The Bertz CT molecular complexity index is 804. The third kappa shape index (κ3) is 5.39. The Morgan fingerprint density at radius 1 is 1.00 bits per heavy atom. The Hall–Kier alpha value is -2.73. The van der Waals surface area contributed by atoms with Gasteiger partial charge >= 0.3 is 0 Å². The normalized spacial score (nSPS) is 14.7. The summed E-state index contributed by atoms with van der Waals surface area (Å²) in [6.45, 7) is 5.61. The highest BCUT2D eigenvalue weighted by Gasteiger charge is 2.22. The van der Waals surface area contributed by atoms with Gasteiger partial charge in [-0.25, -0.2) is 4.39 Å². The largest absolute Gasteiger partial charge is 0.340 e. The molecule has 2 amide bonds. The average Bonchev–Trinajstić information content (AvgIpc) is 2.69. The Morgan fingerprint density at radius 2 is 1.71 bits per heavy atom. The first-order chi connectivity index (χ1) is 13.5. The van der Waals surface area contributed by atoms with Crippen LogP contribution < -0.4 is 4.90 Å². The van der Waals surface area contributed by atoms with Gasteiger partial charge in [-0.2, -0.15) is 0 Å². The van der Waals surface area contributed by atoms with E-state index >= 15 is 0 Å². The Balaban J connectivity index is 1.49. The fourth-order valence-corrected chi connectivity index (χ4v) is 3.47. The van der Waals surface area contributed by atoms with Gasteiger partial charge in [0.2, 0.25) is 11.8 Å². The van der Waals surface area contributed by atoms with Crippen molar-refractivity contribution in [2.75, 3.05) is 37.6 Å². The number of halogens is 1. The van der Waals surface area contributed by atoms with Crippen LogP contribution in [0, 0.1) is 5.82 Å². The highest BCUT2D eigenvalue weighted by atomic mass is 19.1. The Labute approximate surface area is 165 Å². The zero-order valence-electron chi connectivity index (χ0n) is 16.2. The lowest BCUT2D eigenvalue weighted by molar-refractivity contribution is -0.132. The van der Waals surface area contributed by atoms with Crippen molar-refractivity contribution in [2.45, 2.75) is 19.9 Å². The van der Waals surface area contributed by atoms with Crippen molar-refractivity contribution >= 4 is 17.5 Å². The predicted octanol–water partition coefficient (Wildman–Crippen LogP) is 2.91. The molecule has 0 radical (unpaired) electrons. The third-order valence-corrected chi connectivity index (χ3v) is 5.02. The minimum Gasteiger partial charge on any atom is -0.340 e. The summed E-state index contributed by atoms with van der Waals surface area (Å²) in [5.41, 5.74) is 1.75. The third-order valence-electron chi connectivity index (χ3n) is 5.02. The summed E-state index contributed by atoms with van der Waals surface area (Å²) >= 11 is 0. The molecule has 0 bridgehead atoms. The topological polar surface area (TPSA) is 43.9 Å². The number of hydrogen-bond acceptors (Lipinski definition) is 3. The minimum atomic E-state index is -0.399. The summed E-state index contributed by atoms with van der Waals surface area (Å²) in [5, 5.41) is 0. The van der Waals surface area contributed by atoms with E-state index in [4.69, 9.17) is 0 Å². The van der Waals surface area contributed by atoms with Crippen LogP contribution in [-0.2, 0) is 16.1 Å². The highest BCUT2D eigenvalue weighted by molar-refractivity contribution is 5.92. The number of benzene rings is 2. The number of rotatable bonds is 6. The molecule has 3 rings (SSSR count). The molecule has 1 heterocycles. The van der Waals surface area contributed by atoms with Crippen molar-refractivity contribution in [3.8, 4) is 0 Å². The Morgan fingerprint density at radius 3 is 2.36 bits per heavy atom. The van der Waals surface area contributed by atoms with Gasteiger partial charge in [-0.05, 0) is 23.8 Å². The van der Waals surface area contributed by atoms with E-state index in [2.05, 4.69) is 17.0 Å². The number of nitrogens with zero attached hydrogens (tertiary/aromatic N) is 3. The summed E-state index contributed by atoms with van der Waals surface area (Å²) in [7, 11) is 0. The smallest absolute Gasteiger partial charge is 0.224 e. The lowest BCUT2D eigenvalue weighted by Crippen LogP contribution is -2.49. The first-order valence-corrected chi connectivity index (χ1v) is 9.60. The molecule has 5 nitrogen and oxygen atoms in total. The maximum atomic E-state index is 13.5. The lowest BCUT2D eigenvalue weighted by atomic mass is 10.2. The van der Waals surface area contributed by atoms with Crippen LogP contribution in [0.3, 0.4) is 0 Å². The van der Waals surface area contributed by atoms with E-state index in [-0.39, 0.29) is 24.8 Å². The maximum absolute atomic E-state index is 13.5. The summed E-state index contributed by atoms with van der Waals surface area (Å²) in [5.74, 6) is -0.572. The zero-order valence-corrected chi connectivity index (χ0v) is 16.2. The zero-order chi connectivity index (χ0) is 19.9. The molecule has 1 aliphatic rings. The summed E-state index contributed by atoms with van der Waals surface area (Å²) in [4.78, 5) is 30.2. The fourth-order valence-electron chi connectivity index (χ4n) is 3.47. The Kier molecular flexibility index (Phi) is 6.76. The van der Waals surface area contributed by atoms with Crippen LogP contribution in [0.25, 0.3) is 0 Å². The molecular formula is C22H26FN3O2. The van der Waals surface area contributed by atoms with Gasteiger partial charge in [0.15, 0.2) is 0 Å². The second-order valence-corrected chi connectivity index (χ2v) is 7.04. The van der Waals surface area contributed by atoms with Crippen LogP contribution in [0.5, 0.6) is 0 Å². The molecule has 2 aromatic carbocycles.